The second kappa shape index (κ2) is 10.7. The first kappa shape index (κ1) is 28.4. The number of nitrogens with zero attached hydrogens (tertiary/aromatic N) is 1. The van der Waals surface area contributed by atoms with Gasteiger partial charge in [-0.1, -0.05) is 42.0 Å². The number of hydrogen-bond donors (Lipinski definition) is 1. The van der Waals surface area contributed by atoms with Crippen LogP contribution in [0.3, 0.4) is 0 Å². The number of methoxy groups -OCH3 is 1. The number of hydrogen-bond acceptors (Lipinski definition) is 7. The Hall–Kier alpha value is -5.37. The molecule has 3 aromatic rings. The molecule has 7 rings (SSSR count). The summed E-state index contributed by atoms with van der Waals surface area (Å²) in [6.07, 6.45) is 3.63. The van der Waals surface area contributed by atoms with Crippen molar-refractivity contribution in [3.05, 3.63) is 124 Å². The standard InChI is InChI=1S/C37H29NO7/c1-19-16-30(40)33-28(34(19)41)18-26-24(31(33)27-17-23(45-2)12-15-29(27)39)13-14-25-32(26)37(44)38(36(25)43)22-10-8-21(9-11-22)35(42)20-6-4-3-5-7-20/h3-13,15-17,25-26,31-32,39H,14,18H2,1-2H3. The largest absolute Gasteiger partial charge is 0.508 e. The number of imide groups is 1. The van der Waals surface area contributed by atoms with E-state index in [0.717, 1.165) is 5.57 Å². The van der Waals surface area contributed by atoms with Gasteiger partial charge in [-0.15, -0.1) is 0 Å². The fourth-order valence-electron chi connectivity index (χ4n) is 7.40. The molecule has 0 spiro atoms. The lowest BCUT2D eigenvalue weighted by Gasteiger charge is -2.42. The summed E-state index contributed by atoms with van der Waals surface area (Å²) in [5.41, 5.74) is 3.39. The maximum atomic E-state index is 14.2. The predicted octanol–water partition coefficient (Wildman–Crippen LogP) is 5.27. The number of carbonyl (C=O) groups is 5. The number of ether oxygens (including phenoxy) is 1. The number of phenolic OH excluding ortho intramolecular Hbond substituents is 1. The van der Waals surface area contributed by atoms with Crippen molar-refractivity contribution in [3.8, 4) is 11.5 Å². The molecule has 4 aliphatic rings. The number of fused-ring (bicyclic) bond motifs is 3. The van der Waals surface area contributed by atoms with Gasteiger partial charge >= 0.3 is 0 Å². The van der Waals surface area contributed by atoms with Crippen LogP contribution in [-0.2, 0) is 19.2 Å². The van der Waals surface area contributed by atoms with Crippen LogP contribution in [-0.4, -0.2) is 41.4 Å². The topological polar surface area (TPSA) is 118 Å². The molecule has 0 aromatic heterocycles. The zero-order chi connectivity index (χ0) is 31.6. The minimum atomic E-state index is -0.782. The van der Waals surface area contributed by atoms with E-state index in [9.17, 15) is 29.1 Å². The highest BCUT2D eigenvalue weighted by molar-refractivity contribution is 6.25. The summed E-state index contributed by atoms with van der Waals surface area (Å²) < 4.78 is 5.41. The van der Waals surface area contributed by atoms with E-state index in [1.54, 1.807) is 67.6 Å². The molecule has 1 heterocycles. The van der Waals surface area contributed by atoms with Gasteiger partial charge in [0.05, 0.1) is 24.6 Å². The van der Waals surface area contributed by atoms with Crippen LogP contribution in [0.15, 0.2) is 107 Å². The van der Waals surface area contributed by atoms with Gasteiger partial charge in [0.25, 0.3) is 0 Å². The van der Waals surface area contributed by atoms with E-state index in [-0.39, 0.29) is 47.8 Å². The second-order valence-electron chi connectivity index (χ2n) is 11.9. The van der Waals surface area contributed by atoms with Gasteiger partial charge < -0.3 is 9.84 Å². The van der Waals surface area contributed by atoms with Gasteiger partial charge in [-0.05, 0) is 74.2 Å². The molecule has 0 saturated carbocycles. The third-order valence-corrected chi connectivity index (χ3v) is 9.53. The number of Topliss-reactive ketones (excluding diaryl/α,β-unsaturated/α-hetero) is 1. The fourth-order valence-corrected chi connectivity index (χ4v) is 7.40. The van der Waals surface area contributed by atoms with Crippen molar-refractivity contribution in [2.45, 2.75) is 25.7 Å². The summed E-state index contributed by atoms with van der Waals surface area (Å²) in [6.45, 7) is 1.59. The van der Waals surface area contributed by atoms with E-state index in [0.29, 0.717) is 44.8 Å². The van der Waals surface area contributed by atoms with Crippen LogP contribution in [0, 0.1) is 17.8 Å². The zero-order valence-corrected chi connectivity index (χ0v) is 24.7. The van der Waals surface area contributed by atoms with E-state index in [4.69, 9.17) is 4.74 Å². The highest BCUT2D eigenvalue weighted by Gasteiger charge is 2.56. The maximum Gasteiger partial charge on any atom is 0.238 e. The Bertz CT molecular complexity index is 1920. The maximum absolute atomic E-state index is 14.2. The molecule has 45 heavy (non-hydrogen) atoms. The molecule has 2 amide bonds. The summed E-state index contributed by atoms with van der Waals surface area (Å²) in [5.74, 6) is -3.81. The normalized spacial score (nSPS) is 24.1. The molecule has 0 bridgehead atoms. The van der Waals surface area contributed by atoms with Crippen LogP contribution in [0.1, 0.15) is 47.2 Å². The Balaban J connectivity index is 1.27. The molecule has 3 aliphatic carbocycles. The van der Waals surface area contributed by atoms with Gasteiger partial charge in [-0.25, -0.2) is 0 Å². The third kappa shape index (κ3) is 4.39. The summed E-state index contributed by atoms with van der Waals surface area (Å²) in [7, 11) is 1.50. The second-order valence-corrected chi connectivity index (χ2v) is 11.9. The molecule has 1 saturated heterocycles. The Labute approximate surface area is 259 Å². The van der Waals surface area contributed by atoms with E-state index in [1.807, 2.05) is 12.1 Å². The van der Waals surface area contributed by atoms with E-state index < -0.39 is 23.7 Å². The molecule has 8 heteroatoms. The fraction of sp³-hybridized carbons (Fsp3) is 0.216. The first-order valence-electron chi connectivity index (χ1n) is 14.8. The van der Waals surface area contributed by atoms with Crippen molar-refractivity contribution in [2.75, 3.05) is 12.0 Å². The number of rotatable bonds is 5. The lowest BCUT2D eigenvalue weighted by molar-refractivity contribution is -0.123. The molecule has 4 unspecified atom stereocenters. The minimum Gasteiger partial charge on any atom is -0.508 e. The number of benzene rings is 3. The molecule has 224 valence electrons. The molecule has 1 N–H and O–H groups in total. The molecule has 8 nitrogen and oxygen atoms in total. The third-order valence-electron chi connectivity index (χ3n) is 9.53. The Morgan fingerprint density at radius 3 is 2.31 bits per heavy atom. The zero-order valence-electron chi connectivity index (χ0n) is 24.7. The average molecular weight is 600 g/mol. The van der Waals surface area contributed by atoms with E-state index in [2.05, 4.69) is 0 Å². The smallest absolute Gasteiger partial charge is 0.238 e. The number of aromatic hydroxyl groups is 1. The predicted molar refractivity (Wildman–Crippen MR) is 165 cm³/mol. The van der Waals surface area contributed by atoms with Crippen LogP contribution in [0.5, 0.6) is 11.5 Å². The van der Waals surface area contributed by atoms with Crippen molar-refractivity contribution in [2.24, 2.45) is 17.8 Å². The number of anilines is 1. The van der Waals surface area contributed by atoms with Crippen LogP contribution in [0.2, 0.25) is 0 Å². The van der Waals surface area contributed by atoms with Crippen LogP contribution in [0.4, 0.5) is 5.69 Å². The van der Waals surface area contributed by atoms with Crippen LogP contribution >= 0.6 is 0 Å². The monoisotopic (exact) mass is 599 g/mol. The van der Waals surface area contributed by atoms with Gasteiger partial charge in [0.2, 0.25) is 11.8 Å². The average Bonchev–Trinajstić information content (AvgIpc) is 3.32. The minimum absolute atomic E-state index is 0.0663. The van der Waals surface area contributed by atoms with Gasteiger partial charge in [0, 0.05) is 39.3 Å². The van der Waals surface area contributed by atoms with Crippen molar-refractivity contribution in [1.82, 2.24) is 0 Å². The summed E-state index contributed by atoms with van der Waals surface area (Å²) in [6, 6.07) is 20.0. The number of carbonyl (C=O) groups excluding carboxylic acids is 5. The molecule has 1 fully saturated rings. The lowest BCUT2D eigenvalue weighted by Crippen LogP contribution is -2.39. The first-order chi connectivity index (χ1) is 21.7. The van der Waals surface area contributed by atoms with Gasteiger partial charge in [-0.3, -0.25) is 28.9 Å². The Morgan fingerprint density at radius 2 is 1.60 bits per heavy atom. The van der Waals surface area contributed by atoms with Crippen LogP contribution < -0.4 is 9.64 Å². The molecule has 0 radical (unpaired) electrons. The van der Waals surface area contributed by atoms with E-state index >= 15 is 0 Å². The molecule has 1 aliphatic heterocycles. The highest BCUT2D eigenvalue weighted by atomic mass is 16.5. The number of ketones is 3. The summed E-state index contributed by atoms with van der Waals surface area (Å²) in [4.78, 5) is 69.1. The van der Waals surface area contributed by atoms with Crippen LogP contribution in [0.25, 0.3) is 0 Å². The Kier molecular flexibility index (Phi) is 6.73. The quantitative estimate of drug-likeness (QED) is 0.184. The lowest BCUT2D eigenvalue weighted by atomic mass is 9.59. The molecule has 4 atom stereocenters. The molecular formula is C37H29NO7. The Morgan fingerprint density at radius 1 is 0.889 bits per heavy atom. The summed E-state index contributed by atoms with van der Waals surface area (Å²) in [5, 5.41) is 11.0. The highest BCUT2D eigenvalue weighted by Crippen LogP contribution is 2.56. The SMILES string of the molecule is COc1ccc(O)c(C2C3=CCC4C(=O)N(c5ccc(C(=O)c6ccccc6)cc5)C(=O)C4C3CC3=C2C(=O)C=C(C)C3=O)c1. The van der Waals surface area contributed by atoms with E-state index in [1.165, 1.54) is 24.2 Å². The van der Waals surface area contributed by atoms with Gasteiger partial charge in [-0.2, -0.15) is 0 Å². The molecular weight excluding hydrogens is 570 g/mol. The number of allylic oxidation sites excluding steroid dienone is 6. The first-order valence-corrected chi connectivity index (χ1v) is 14.8. The van der Waals surface area contributed by atoms with Crippen molar-refractivity contribution in [1.29, 1.82) is 0 Å². The van der Waals surface area contributed by atoms with Gasteiger partial charge in [0.15, 0.2) is 17.3 Å². The van der Waals surface area contributed by atoms with Gasteiger partial charge in [0.1, 0.15) is 11.5 Å². The van der Waals surface area contributed by atoms with Crippen molar-refractivity contribution < 1.29 is 33.8 Å². The number of phenols is 1. The number of amides is 2. The summed E-state index contributed by atoms with van der Waals surface area (Å²) >= 11 is 0. The van der Waals surface area contributed by atoms with Crippen molar-refractivity contribution >= 4 is 34.9 Å². The van der Waals surface area contributed by atoms with Crippen molar-refractivity contribution in [3.63, 3.8) is 0 Å². The molecule has 3 aromatic carbocycles.